The van der Waals surface area contributed by atoms with Gasteiger partial charge in [0.05, 0.1) is 20.3 Å². The molecule has 0 spiro atoms. The van der Waals surface area contributed by atoms with Crippen molar-refractivity contribution in [1.82, 2.24) is 0 Å². The van der Waals surface area contributed by atoms with Crippen LogP contribution in [-0.4, -0.2) is 32.2 Å². The minimum atomic E-state index is -1.13. The summed E-state index contributed by atoms with van der Waals surface area (Å²) in [6.07, 6.45) is 3.37. The molecule has 0 bridgehead atoms. The lowest BCUT2D eigenvalue weighted by atomic mass is 9.99. The second-order valence-electron chi connectivity index (χ2n) is 4.38. The number of carbonyl (C=O) groups is 2. The minimum Gasteiger partial charge on any atom is -0.468 e. The van der Waals surface area contributed by atoms with Gasteiger partial charge in [0.1, 0.15) is 0 Å². The third-order valence-corrected chi connectivity index (χ3v) is 2.96. The van der Waals surface area contributed by atoms with Gasteiger partial charge in [-0.3, -0.25) is 9.59 Å². The molecule has 0 N–H and O–H groups in total. The monoisotopic (exact) mass is 303 g/mol. The Labute approximate surface area is 128 Å². The molecule has 0 fully saturated rings. The Morgan fingerprint density at radius 2 is 1.82 bits per heavy atom. The molecule has 0 aromatic heterocycles. The molecular formula is C15H17N3O4. The number of esters is 2. The normalized spacial score (nSPS) is 11.8. The van der Waals surface area contributed by atoms with Crippen molar-refractivity contribution in [3.05, 3.63) is 52.4 Å². The smallest absolute Gasteiger partial charge is 0.320 e. The van der Waals surface area contributed by atoms with Gasteiger partial charge >= 0.3 is 11.9 Å². The van der Waals surface area contributed by atoms with Crippen LogP contribution in [0.2, 0.25) is 0 Å². The molecule has 0 amide bonds. The van der Waals surface area contributed by atoms with Gasteiger partial charge < -0.3 is 9.47 Å². The molecule has 1 aromatic carbocycles. The summed E-state index contributed by atoms with van der Waals surface area (Å²) in [5.74, 6) is -2.58. The summed E-state index contributed by atoms with van der Waals surface area (Å²) in [5, 5.41) is 3.59. The highest BCUT2D eigenvalue weighted by molar-refractivity contribution is 5.94. The Hall–Kier alpha value is -2.79. The number of methoxy groups -OCH3 is 2. The second-order valence-corrected chi connectivity index (χ2v) is 4.38. The van der Waals surface area contributed by atoms with Crippen LogP contribution >= 0.6 is 0 Å². The number of azide groups is 1. The van der Waals surface area contributed by atoms with Gasteiger partial charge in [0, 0.05) is 4.91 Å². The van der Waals surface area contributed by atoms with Crippen molar-refractivity contribution in [1.29, 1.82) is 0 Å². The predicted octanol–water partition coefficient (Wildman–Crippen LogP) is 2.73. The number of hydrogen-bond acceptors (Lipinski definition) is 5. The molecule has 7 heteroatoms. The average Bonchev–Trinajstić information content (AvgIpc) is 2.56. The van der Waals surface area contributed by atoms with Crippen molar-refractivity contribution in [3.63, 3.8) is 0 Å². The van der Waals surface area contributed by atoms with E-state index in [0.29, 0.717) is 0 Å². The van der Waals surface area contributed by atoms with Crippen molar-refractivity contribution in [2.75, 3.05) is 14.2 Å². The topological polar surface area (TPSA) is 101 Å². The first kappa shape index (κ1) is 17.3. The summed E-state index contributed by atoms with van der Waals surface area (Å²) in [6.45, 7) is 0. The van der Waals surface area contributed by atoms with Crippen LogP contribution in [0.15, 0.2) is 41.5 Å². The highest BCUT2D eigenvalue weighted by atomic mass is 16.5. The molecule has 1 atom stereocenters. The molecule has 1 rings (SSSR count). The van der Waals surface area contributed by atoms with Crippen LogP contribution in [0.4, 0.5) is 0 Å². The van der Waals surface area contributed by atoms with Gasteiger partial charge in [-0.15, -0.1) is 0 Å². The van der Waals surface area contributed by atoms with Crippen LogP contribution in [0.5, 0.6) is 0 Å². The number of nitrogens with zero attached hydrogens (tertiary/aromatic N) is 3. The molecule has 0 aliphatic rings. The summed E-state index contributed by atoms with van der Waals surface area (Å²) >= 11 is 0. The van der Waals surface area contributed by atoms with E-state index >= 15 is 0 Å². The summed E-state index contributed by atoms with van der Waals surface area (Å²) in [4.78, 5) is 26.0. The number of benzene rings is 1. The highest BCUT2D eigenvalue weighted by Gasteiger charge is 2.30. The molecule has 0 heterocycles. The van der Waals surface area contributed by atoms with E-state index in [1.807, 2.05) is 30.3 Å². The summed E-state index contributed by atoms with van der Waals surface area (Å²) < 4.78 is 9.16. The van der Waals surface area contributed by atoms with Crippen LogP contribution in [-0.2, 0) is 19.1 Å². The zero-order chi connectivity index (χ0) is 16.4. The summed E-state index contributed by atoms with van der Waals surface area (Å²) in [7, 11) is 2.36. The Kier molecular flexibility index (Phi) is 7.22. The van der Waals surface area contributed by atoms with Gasteiger partial charge in [-0.2, -0.15) is 0 Å². The van der Waals surface area contributed by atoms with E-state index in [1.165, 1.54) is 14.2 Å². The molecule has 0 aliphatic heterocycles. The third kappa shape index (κ3) is 5.30. The lowest BCUT2D eigenvalue weighted by Crippen LogP contribution is -2.29. The van der Waals surface area contributed by atoms with Gasteiger partial charge in [-0.05, 0) is 17.5 Å². The molecular weight excluding hydrogens is 286 g/mol. The molecule has 0 aliphatic carbocycles. The van der Waals surface area contributed by atoms with Crippen LogP contribution in [0.25, 0.3) is 16.5 Å². The van der Waals surface area contributed by atoms with E-state index in [0.717, 1.165) is 5.56 Å². The molecule has 1 unspecified atom stereocenters. The maximum atomic E-state index is 11.6. The predicted molar refractivity (Wildman–Crippen MR) is 80.5 cm³/mol. The second kappa shape index (κ2) is 9.20. The minimum absolute atomic E-state index is 0.0211. The number of rotatable bonds is 7. The zero-order valence-corrected chi connectivity index (χ0v) is 12.4. The van der Waals surface area contributed by atoms with E-state index in [9.17, 15) is 9.59 Å². The van der Waals surface area contributed by atoms with Crippen LogP contribution in [0.1, 0.15) is 12.0 Å². The lowest BCUT2D eigenvalue weighted by Gasteiger charge is -2.14. The van der Waals surface area contributed by atoms with Crippen molar-refractivity contribution < 1.29 is 19.1 Å². The van der Waals surface area contributed by atoms with E-state index in [-0.39, 0.29) is 6.42 Å². The van der Waals surface area contributed by atoms with E-state index in [1.54, 1.807) is 12.2 Å². The van der Waals surface area contributed by atoms with E-state index in [2.05, 4.69) is 19.5 Å². The number of hydrogen-bond donors (Lipinski definition) is 0. The Bertz CT molecular complexity index is 564. The van der Waals surface area contributed by atoms with Crippen LogP contribution < -0.4 is 0 Å². The van der Waals surface area contributed by atoms with Crippen LogP contribution in [0, 0.1) is 5.92 Å². The van der Waals surface area contributed by atoms with Crippen molar-refractivity contribution in [2.45, 2.75) is 12.5 Å². The maximum absolute atomic E-state index is 11.6. The highest BCUT2D eigenvalue weighted by Crippen LogP contribution is 2.16. The van der Waals surface area contributed by atoms with Gasteiger partial charge in [-0.25, -0.2) is 0 Å². The lowest BCUT2D eigenvalue weighted by molar-refractivity contribution is -0.159. The van der Waals surface area contributed by atoms with Crippen molar-refractivity contribution in [3.8, 4) is 0 Å². The first-order valence-electron chi connectivity index (χ1n) is 6.55. The fourth-order valence-electron chi connectivity index (χ4n) is 1.83. The van der Waals surface area contributed by atoms with E-state index < -0.39 is 23.9 Å². The van der Waals surface area contributed by atoms with Gasteiger partial charge in [0.2, 0.25) is 0 Å². The average molecular weight is 303 g/mol. The Morgan fingerprint density at radius 1 is 1.23 bits per heavy atom. The third-order valence-electron chi connectivity index (χ3n) is 2.96. The van der Waals surface area contributed by atoms with Crippen molar-refractivity contribution in [2.24, 2.45) is 11.0 Å². The fraction of sp³-hybridized carbons (Fsp3) is 0.333. The van der Waals surface area contributed by atoms with Crippen molar-refractivity contribution >= 4 is 18.0 Å². The number of ether oxygens (including phenoxy) is 2. The first-order valence-corrected chi connectivity index (χ1v) is 6.55. The standard InChI is InChI=1S/C15H17N3O4/c1-21-14(19)13(15(20)22-2)10-12(17-18-16)9-8-11-6-4-3-5-7-11/h3-9,12-13H,10H2,1-2H3/b9-8+. The molecule has 0 radical (unpaired) electrons. The SMILES string of the molecule is COC(=O)C(CC(/C=C/c1ccccc1)N=[N+]=[N-])C(=O)OC. The van der Waals surface area contributed by atoms with Gasteiger partial charge in [-0.1, -0.05) is 47.6 Å². The van der Waals surface area contributed by atoms with Gasteiger partial charge in [0.25, 0.3) is 0 Å². The fourth-order valence-corrected chi connectivity index (χ4v) is 1.83. The Balaban J connectivity index is 2.89. The molecule has 0 saturated heterocycles. The molecule has 1 aromatic rings. The quantitative estimate of drug-likeness (QED) is 0.254. The molecule has 0 saturated carbocycles. The zero-order valence-electron chi connectivity index (χ0n) is 12.4. The molecule has 22 heavy (non-hydrogen) atoms. The van der Waals surface area contributed by atoms with Crippen LogP contribution in [0.3, 0.4) is 0 Å². The van der Waals surface area contributed by atoms with Gasteiger partial charge in [0.15, 0.2) is 5.92 Å². The largest absolute Gasteiger partial charge is 0.468 e. The number of carbonyl (C=O) groups excluding carboxylic acids is 2. The molecule has 7 nitrogen and oxygen atoms in total. The summed E-state index contributed by atoms with van der Waals surface area (Å²) in [6, 6.07) is 8.70. The first-order chi connectivity index (χ1) is 10.6. The maximum Gasteiger partial charge on any atom is 0.320 e. The van der Waals surface area contributed by atoms with E-state index in [4.69, 9.17) is 5.53 Å². The summed E-state index contributed by atoms with van der Waals surface area (Å²) in [5.41, 5.74) is 9.54. The molecule has 116 valence electrons. The Morgan fingerprint density at radius 3 is 2.32 bits per heavy atom.